The minimum absolute atomic E-state index is 0.00984. The van der Waals surface area contributed by atoms with Crippen molar-refractivity contribution in [2.45, 2.75) is 0 Å². The van der Waals surface area contributed by atoms with Gasteiger partial charge in [-0.3, -0.25) is 10.1 Å². The number of aromatic nitrogens is 2. The van der Waals surface area contributed by atoms with Crippen molar-refractivity contribution in [1.82, 2.24) is 9.97 Å². The number of phenolic OH excluding ortho intramolecular Hbond substituents is 1. The van der Waals surface area contributed by atoms with Crippen LogP contribution in [-0.4, -0.2) is 27.1 Å². The summed E-state index contributed by atoms with van der Waals surface area (Å²) in [7, 11) is 1.25. The lowest BCUT2D eigenvalue weighted by atomic mass is 10.1. The maximum Gasteiger partial charge on any atom is 0.327 e. The van der Waals surface area contributed by atoms with Gasteiger partial charge in [0.05, 0.1) is 33.3 Å². The van der Waals surface area contributed by atoms with Crippen molar-refractivity contribution in [3.05, 3.63) is 50.5 Å². The summed E-state index contributed by atoms with van der Waals surface area (Å²) in [5.74, 6) is -1.78. The van der Waals surface area contributed by atoms with E-state index in [2.05, 4.69) is 15.3 Å². The summed E-state index contributed by atoms with van der Waals surface area (Å²) in [5, 5.41) is 23.8. The second kappa shape index (κ2) is 6.77. The van der Waals surface area contributed by atoms with E-state index in [9.17, 15) is 19.6 Å². The van der Waals surface area contributed by atoms with Crippen molar-refractivity contribution in [3.63, 3.8) is 0 Å². The molecule has 0 amide bonds. The zero-order valence-corrected chi connectivity index (χ0v) is 14.5. The standard InChI is InChI=1S/C15H9Cl2FN4O4/c1-26-9-4-8-10(13(14(9)23)22(24)25)15(20-5-19-8)21-7-3-2-6(16)11(17)12(7)18/h2-5,23H,1H3,(H,19,20,21). The molecule has 1 heterocycles. The van der Waals surface area contributed by atoms with E-state index in [-0.39, 0.29) is 38.2 Å². The molecule has 1 aromatic heterocycles. The minimum Gasteiger partial charge on any atom is -0.499 e. The molecule has 134 valence electrons. The quantitative estimate of drug-likeness (QED) is 0.379. The van der Waals surface area contributed by atoms with Gasteiger partial charge in [0.2, 0.25) is 5.75 Å². The Morgan fingerprint density at radius 3 is 2.73 bits per heavy atom. The van der Waals surface area contributed by atoms with Gasteiger partial charge in [-0.2, -0.15) is 0 Å². The summed E-state index contributed by atoms with van der Waals surface area (Å²) >= 11 is 11.5. The zero-order valence-electron chi connectivity index (χ0n) is 13.0. The average Bonchev–Trinajstić information content (AvgIpc) is 2.61. The average molecular weight is 399 g/mol. The third-order valence-electron chi connectivity index (χ3n) is 3.53. The molecule has 0 spiro atoms. The molecule has 2 N–H and O–H groups in total. The fourth-order valence-electron chi connectivity index (χ4n) is 2.35. The van der Waals surface area contributed by atoms with Crippen molar-refractivity contribution in [2.75, 3.05) is 12.4 Å². The highest BCUT2D eigenvalue weighted by atomic mass is 35.5. The Bertz CT molecular complexity index is 1050. The molecule has 0 aliphatic rings. The van der Waals surface area contributed by atoms with Crippen LogP contribution < -0.4 is 10.1 Å². The van der Waals surface area contributed by atoms with Crippen LogP contribution in [0.4, 0.5) is 21.6 Å². The molecule has 0 aliphatic carbocycles. The van der Waals surface area contributed by atoms with Crippen LogP contribution in [0.2, 0.25) is 10.0 Å². The Morgan fingerprint density at radius 2 is 2.08 bits per heavy atom. The van der Waals surface area contributed by atoms with Crippen LogP contribution in [0, 0.1) is 15.9 Å². The van der Waals surface area contributed by atoms with Crippen LogP contribution in [0.3, 0.4) is 0 Å². The van der Waals surface area contributed by atoms with Crippen LogP contribution in [0.15, 0.2) is 24.5 Å². The molecular weight excluding hydrogens is 390 g/mol. The number of rotatable bonds is 4. The molecule has 0 aliphatic heterocycles. The molecule has 0 saturated heterocycles. The predicted octanol–water partition coefficient (Wildman–Crippen LogP) is 4.44. The Balaban J connectivity index is 2.26. The Hall–Kier alpha value is -2.91. The second-order valence-corrected chi connectivity index (χ2v) is 5.78. The molecule has 0 unspecified atom stereocenters. The number of anilines is 2. The van der Waals surface area contributed by atoms with Gasteiger partial charge in [-0.15, -0.1) is 0 Å². The maximum absolute atomic E-state index is 14.3. The molecule has 26 heavy (non-hydrogen) atoms. The number of benzene rings is 2. The third-order valence-corrected chi connectivity index (χ3v) is 4.31. The number of nitro groups is 1. The lowest BCUT2D eigenvalue weighted by Crippen LogP contribution is -2.02. The van der Waals surface area contributed by atoms with E-state index in [1.165, 1.54) is 25.3 Å². The van der Waals surface area contributed by atoms with E-state index < -0.39 is 22.2 Å². The summed E-state index contributed by atoms with van der Waals surface area (Å²) in [6.45, 7) is 0. The van der Waals surface area contributed by atoms with Gasteiger partial charge >= 0.3 is 5.69 Å². The van der Waals surface area contributed by atoms with Gasteiger partial charge in [0.25, 0.3) is 0 Å². The summed E-state index contributed by atoms with van der Waals surface area (Å²) in [4.78, 5) is 18.5. The number of halogens is 3. The number of nitrogens with zero attached hydrogens (tertiary/aromatic N) is 3. The van der Waals surface area contributed by atoms with E-state index >= 15 is 0 Å². The number of aromatic hydroxyl groups is 1. The first-order valence-corrected chi connectivity index (χ1v) is 7.70. The summed E-state index contributed by atoms with van der Waals surface area (Å²) in [6.07, 6.45) is 1.13. The normalized spacial score (nSPS) is 10.8. The Kier molecular flexibility index (Phi) is 4.66. The number of methoxy groups -OCH3 is 1. The van der Waals surface area contributed by atoms with Crippen molar-refractivity contribution in [3.8, 4) is 11.5 Å². The predicted molar refractivity (Wildman–Crippen MR) is 94.1 cm³/mol. The van der Waals surface area contributed by atoms with Crippen molar-refractivity contribution >= 4 is 51.3 Å². The smallest absolute Gasteiger partial charge is 0.327 e. The van der Waals surface area contributed by atoms with Crippen LogP contribution in [0.1, 0.15) is 0 Å². The Labute approximate surface area is 155 Å². The molecule has 3 rings (SSSR count). The van der Waals surface area contributed by atoms with E-state index in [0.717, 1.165) is 6.33 Å². The van der Waals surface area contributed by atoms with Gasteiger partial charge in [-0.1, -0.05) is 23.2 Å². The molecule has 0 radical (unpaired) electrons. The molecule has 0 bridgehead atoms. The lowest BCUT2D eigenvalue weighted by Gasteiger charge is -2.12. The highest BCUT2D eigenvalue weighted by Gasteiger charge is 2.27. The maximum atomic E-state index is 14.3. The van der Waals surface area contributed by atoms with E-state index in [0.29, 0.717) is 0 Å². The highest BCUT2D eigenvalue weighted by molar-refractivity contribution is 6.42. The van der Waals surface area contributed by atoms with E-state index in [1.54, 1.807) is 0 Å². The summed E-state index contributed by atoms with van der Waals surface area (Å²) in [6, 6.07) is 3.95. The van der Waals surface area contributed by atoms with Gasteiger partial charge in [0.1, 0.15) is 17.5 Å². The van der Waals surface area contributed by atoms with Crippen LogP contribution in [-0.2, 0) is 0 Å². The summed E-state index contributed by atoms with van der Waals surface area (Å²) < 4.78 is 19.2. The molecule has 3 aromatic rings. The third kappa shape index (κ3) is 2.91. The van der Waals surface area contributed by atoms with Crippen molar-refractivity contribution < 1.29 is 19.2 Å². The topological polar surface area (TPSA) is 110 Å². The van der Waals surface area contributed by atoms with Gasteiger partial charge in [-0.05, 0) is 12.1 Å². The molecule has 0 atom stereocenters. The molecule has 2 aromatic carbocycles. The fraction of sp³-hybridized carbons (Fsp3) is 0.0667. The molecular formula is C15H9Cl2FN4O4. The number of nitro benzene ring substituents is 1. The summed E-state index contributed by atoms with van der Waals surface area (Å²) in [5.41, 5.74) is -0.670. The van der Waals surface area contributed by atoms with Gasteiger partial charge in [-0.25, -0.2) is 14.4 Å². The molecule has 11 heteroatoms. The van der Waals surface area contributed by atoms with Gasteiger partial charge in [0.15, 0.2) is 11.6 Å². The molecule has 8 nitrogen and oxygen atoms in total. The Morgan fingerprint density at radius 1 is 1.35 bits per heavy atom. The van der Waals surface area contributed by atoms with Crippen LogP contribution in [0.25, 0.3) is 10.9 Å². The first kappa shape index (κ1) is 17.9. The highest BCUT2D eigenvalue weighted by Crippen LogP contribution is 2.44. The zero-order chi connectivity index (χ0) is 19.0. The number of hydrogen-bond acceptors (Lipinski definition) is 7. The molecule has 0 saturated carbocycles. The number of fused-ring (bicyclic) bond motifs is 1. The monoisotopic (exact) mass is 398 g/mol. The van der Waals surface area contributed by atoms with Crippen LogP contribution in [0.5, 0.6) is 11.5 Å². The first-order chi connectivity index (χ1) is 12.3. The van der Waals surface area contributed by atoms with Crippen LogP contribution >= 0.6 is 23.2 Å². The van der Waals surface area contributed by atoms with E-state index in [1.807, 2.05) is 0 Å². The fourth-order valence-corrected chi connectivity index (χ4v) is 2.66. The first-order valence-electron chi connectivity index (χ1n) is 6.94. The van der Waals surface area contributed by atoms with Crippen molar-refractivity contribution in [1.29, 1.82) is 0 Å². The molecule has 0 fully saturated rings. The van der Waals surface area contributed by atoms with Crippen molar-refractivity contribution in [2.24, 2.45) is 0 Å². The minimum atomic E-state index is -0.855. The second-order valence-electron chi connectivity index (χ2n) is 5.00. The number of nitrogens with one attached hydrogen (secondary N) is 1. The van der Waals surface area contributed by atoms with E-state index in [4.69, 9.17) is 27.9 Å². The van der Waals surface area contributed by atoms with Gasteiger partial charge < -0.3 is 15.2 Å². The number of phenols is 1. The number of hydrogen-bond donors (Lipinski definition) is 2. The lowest BCUT2D eigenvalue weighted by molar-refractivity contribution is -0.384. The largest absolute Gasteiger partial charge is 0.499 e. The number of ether oxygens (including phenoxy) is 1. The SMILES string of the molecule is COc1cc2ncnc(Nc3ccc(Cl)c(Cl)c3F)c2c([N+](=O)[O-])c1O. The van der Waals surface area contributed by atoms with Gasteiger partial charge in [0, 0.05) is 6.07 Å².